The van der Waals surface area contributed by atoms with E-state index in [1.54, 1.807) is 5.38 Å². The summed E-state index contributed by atoms with van der Waals surface area (Å²) in [6.07, 6.45) is 1.08. The minimum Gasteiger partial charge on any atom is -0.478 e. The number of thiophene rings is 1. The van der Waals surface area contributed by atoms with Crippen molar-refractivity contribution in [3.8, 4) is 0 Å². The number of carboxylic acid groups (broad SMARTS) is 1. The minimum absolute atomic E-state index is 0.126. The van der Waals surface area contributed by atoms with Gasteiger partial charge >= 0.3 is 12.0 Å². The number of hydrogen-bond donors (Lipinski definition) is 3. The number of amides is 2. The van der Waals surface area contributed by atoms with E-state index in [0.717, 1.165) is 19.5 Å². The monoisotopic (exact) mass is 283 g/mol. The Hall–Kier alpha value is -1.60. The fourth-order valence-electron chi connectivity index (χ4n) is 2.15. The van der Waals surface area contributed by atoms with Gasteiger partial charge in [-0.05, 0) is 37.4 Å². The van der Waals surface area contributed by atoms with Crippen LogP contribution >= 0.6 is 11.3 Å². The Balaban J connectivity index is 1.81. The van der Waals surface area contributed by atoms with Crippen molar-refractivity contribution >= 4 is 28.3 Å². The molecule has 0 saturated carbocycles. The lowest BCUT2D eigenvalue weighted by atomic mass is 10.1. The molecule has 0 aliphatic carbocycles. The molecular weight excluding hydrogens is 266 g/mol. The molecule has 6 nitrogen and oxygen atoms in total. The van der Waals surface area contributed by atoms with E-state index in [1.807, 2.05) is 0 Å². The van der Waals surface area contributed by atoms with E-state index >= 15 is 0 Å². The van der Waals surface area contributed by atoms with Gasteiger partial charge in [0, 0.05) is 13.1 Å². The average Bonchev–Trinajstić information content (AvgIpc) is 2.95. The summed E-state index contributed by atoms with van der Waals surface area (Å²) in [4.78, 5) is 24.8. The van der Waals surface area contributed by atoms with Gasteiger partial charge in [0.2, 0.25) is 0 Å². The van der Waals surface area contributed by atoms with E-state index in [2.05, 4.69) is 22.6 Å². The SMILES string of the molecule is CN1CCC(CNC(=O)Nc2sccc2C(=O)O)C1. The average molecular weight is 283 g/mol. The predicted octanol–water partition coefficient (Wildman–Crippen LogP) is 1.52. The van der Waals surface area contributed by atoms with Gasteiger partial charge in [-0.15, -0.1) is 11.3 Å². The van der Waals surface area contributed by atoms with Gasteiger partial charge < -0.3 is 15.3 Å². The van der Waals surface area contributed by atoms with Gasteiger partial charge in [0.05, 0.1) is 5.56 Å². The molecule has 2 rings (SSSR count). The number of nitrogens with one attached hydrogen (secondary N) is 2. The van der Waals surface area contributed by atoms with Crippen molar-refractivity contribution in [2.24, 2.45) is 5.92 Å². The molecule has 1 saturated heterocycles. The highest BCUT2D eigenvalue weighted by atomic mass is 32.1. The van der Waals surface area contributed by atoms with Gasteiger partial charge in [0.15, 0.2) is 0 Å². The molecular formula is C12H17N3O3S. The molecule has 1 aliphatic rings. The third kappa shape index (κ3) is 3.68. The smallest absolute Gasteiger partial charge is 0.338 e. The second-order valence-corrected chi connectivity index (χ2v) is 5.64. The second-order valence-electron chi connectivity index (χ2n) is 4.72. The summed E-state index contributed by atoms with van der Waals surface area (Å²) in [6.45, 7) is 2.66. The number of urea groups is 1. The van der Waals surface area contributed by atoms with E-state index in [4.69, 9.17) is 5.11 Å². The molecule has 104 valence electrons. The van der Waals surface area contributed by atoms with E-state index in [9.17, 15) is 9.59 Å². The normalized spacial score (nSPS) is 19.3. The lowest BCUT2D eigenvalue weighted by Gasteiger charge is -2.12. The summed E-state index contributed by atoms with van der Waals surface area (Å²) in [6, 6.07) is 1.13. The number of nitrogens with zero attached hydrogens (tertiary/aromatic N) is 1. The molecule has 1 aliphatic heterocycles. The predicted molar refractivity (Wildman–Crippen MR) is 73.9 cm³/mol. The quantitative estimate of drug-likeness (QED) is 0.782. The lowest BCUT2D eigenvalue weighted by molar-refractivity contribution is 0.0698. The van der Waals surface area contributed by atoms with Crippen molar-refractivity contribution in [1.29, 1.82) is 0 Å². The number of aromatic carboxylic acids is 1. The van der Waals surface area contributed by atoms with Crippen LogP contribution in [-0.2, 0) is 0 Å². The van der Waals surface area contributed by atoms with Crippen molar-refractivity contribution in [2.45, 2.75) is 6.42 Å². The molecule has 7 heteroatoms. The van der Waals surface area contributed by atoms with Crippen LogP contribution in [0.1, 0.15) is 16.8 Å². The summed E-state index contributed by atoms with van der Waals surface area (Å²) in [5.41, 5.74) is 0.126. The molecule has 1 atom stereocenters. The Kier molecular flexibility index (Phi) is 4.39. The van der Waals surface area contributed by atoms with Crippen LogP contribution in [0.3, 0.4) is 0 Å². The van der Waals surface area contributed by atoms with Gasteiger partial charge in [-0.25, -0.2) is 9.59 Å². The Labute approximate surface area is 115 Å². The zero-order valence-electron chi connectivity index (χ0n) is 10.7. The highest BCUT2D eigenvalue weighted by Gasteiger charge is 2.20. The second kappa shape index (κ2) is 6.03. The summed E-state index contributed by atoms with van der Waals surface area (Å²) in [5.74, 6) is -0.563. The van der Waals surface area contributed by atoms with Gasteiger partial charge in [-0.1, -0.05) is 0 Å². The van der Waals surface area contributed by atoms with Gasteiger partial charge in [-0.3, -0.25) is 5.32 Å². The first-order valence-corrected chi connectivity index (χ1v) is 6.98. The van der Waals surface area contributed by atoms with Crippen LogP contribution in [-0.4, -0.2) is 48.7 Å². The zero-order valence-corrected chi connectivity index (χ0v) is 11.5. The van der Waals surface area contributed by atoms with Crippen molar-refractivity contribution in [1.82, 2.24) is 10.2 Å². The highest BCUT2D eigenvalue weighted by Crippen LogP contribution is 2.22. The third-order valence-electron chi connectivity index (χ3n) is 3.16. The molecule has 1 aromatic rings. The molecule has 0 bridgehead atoms. The highest BCUT2D eigenvalue weighted by molar-refractivity contribution is 7.14. The summed E-state index contributed by atoms with van der Waals surface area (Å²) < 4.78 is 0. The molecule has 2 amide bonds. The lowest BCUT2D eigenvalue weighted by Crippen LogP contribution is -2.34. The van der Waals surface area contributed by atoms with Crippen LogP contribution < -0.4 is 10.6 Å². The van der Waals surface area contributed by atoms with Crippen LogP contribution in [0.4, 0.5) is 9.80 Å². The molecule has 1 fully saturated rings. The van der Waals surface area contributed by atoms with Crippen molar-refractivity contribution < 1.29 is 14.7 Å². The number of rotatable bonds is 4. The molecule has 0 aromatic carbocycles. The van der Waals surface area contributed by atoms with Gasteiger partial charge in [0.1, 0.15) is 5.00 Å². The van der Waals surface area contributed by atoms with E-state index in [-0.39, 0.29) is 11.6 Å². The minimum atomic E-state index is -1.03. The van der Waals surface area contributed by atoms with Crippen LogP contribution in [0.5, 0.6) is 0 Å². The van der Waals surface area contributed by atoms with Crippen molar-refractivity contribution in [2.75, 3.05) is 32.0 Å². The van der Waals surface area contributed by atoms with Crippen molar-refractivity contribution in [3.63, 3.8) is 0 Å². The zero-order chi connectivity index (χ0) is 13.8. The number of hydrogen-bond acceptors (Lipinski definition) is 4. The Morgan fingerprint density at radius 3 is 3.00 bits per heavy atom. The first-order chi connectivity index (χ1) is 9.06. The first kappa shape index (κ1) is 13.8. The van der Waals surface area contributed by atoms with E-state index in [0.29, 0.717) is 17.5 Å². The fourth-order valence-corrected chi connectivity index (χ4v) is 2.93. The Morgan fingerprint density at radius 2 is 2.37 bits per heavy atom. The van der Waals surface area contributed by atoms with Gasteiger partial charge in [0.25, 0.3) is 0 Å². The topological polar surface area (TPSA) is 81.7 Å². The largest absolute Gasteiger partial charge is 0.478 e. The van der Waals surface area contributed by atoms with Crippen molar-refractivity contribution in [3.05, 3.63) is 17.0 Å². The van der Waals surface area contributed by atoms with Crippen LogP contribution in [0.25, 0.3) is 0 Å². The number of carbonyl (C=O) groups is 2. The van der Waals surface area contributed by atoms with Gasteiger partial charge in [-0.2, -0.15) is 0 Å². The molecule has 19 heavy (non-hydrogen) atoms. The Bertz CT molecular complexity index is 475. The first-order valence-electron chi connectivity index (χ1n) is 6.10. The molecule has 3 N–H and O–H groups in total. The van der Waals surface area contributed by atoms with Crippen LogP contribution in [0.2, 0.25) is 0 Å². The summed E-state index contributed by atoms with van der Waals surface area (Å²) in [5, 5.41) is 16.3. The molecule has 2 heterocycles. The summed E-state index contributed by atoms with van der Waals surface area (Å²) in [7, 11) is 2.06. The van der Waals surface area contributed by atoms with Crippen LogP contribution in [0.15, 0.2) is 11.4 Å². The third-order valence-corrected chi connectivity index (χ3v) is 3.99. The number of likely N-dealkylation sites (tertiary alicyclic amines) is 1. The number of anilines is 1. The van der Waals surface area contributed by atoms with Crippen LogP contribution in [0, 0.1) is 5.92 Å². The van der Waals surface area contributed by atoms with E-state index in [1.165, 1.54) is 17.4 Å². The van der Waals surface area contributed by atoms with E-state index < -0.39 is 5.97 Å². The maximum absolute atomic E-state index is 11.7. The molecule has 1 aromatic heterocycles. The number of carboxylic acids is 1. The molecule has 1 unspecified atom stereocenters. The number of carbonyl (C=O) groups excluding carboxylic acids is 1. The molecule has 0 spiro atoms. The fraction of sp³-hybridized carbons (Fsp3) is 0.500. The maximum atomic E-state index is 11.7. The molecule has 0 radical (unpaired) electrons. The summed E-state index contributed by atoms with van der Waals surface area (Å²) >= 11 is 1.20. The standard InChI is InChI=1S/C12H17N3O3S/c1-15-4-2-8(7-15)6-13-12(18)14-10-9(11(16)17)3-5-19-10/h3,5,8H,2,4,6-7H2,1H3,(H,16,17)(H2,13,14,18). The maximum Gasteiger partial charge on any atom is 0.338 e. The Morgan fingerprint density at radius 1 is 1.58 bits per heavy atom.